The first kappa shape index (κ1) is 17.7. The van der Waals surface area contributed by atoms with Crippen LogP contribution in [0.1, 0.15) is 90.4 Å². The van der Waals surface area contributed by atoms with Crippen molar-refractivity contribution < 1.29 is 5.11 Å². The molecule has 0 saturated heterocycles. The Morgan fingerprint density at radius 2 is 1.33 bits per heavy atom. The molecule has 1 heteroatoms. The van der Waals surface area contributed by atoms with E-state index in [1.807, 2.05) is 6.08 Å². The maximum absolute atomic E-state index is 9.84. The van der Waals surface area contributed by atoms with Gasteiger partial charge in [-0.15, -0.1) is 6.58 Å². The van der Waals surface area contributed by atoms with Gasteiger partial charge in [0.15, 0.2) is 0 Å². The van der Waals surface area contributed by atoms with Crippen LogP contribution in [0.5, 0.6) is 0 Å². The number of allylic oxidation sites excluding steroid dienone is 1. The van der Waals surface area contributed by atoms with E-state index in [0.717, 1.165) is 19.3 Å². The summed E-state index contributed by atoms with van der Waals surface area (Å²) in [5.74, 6) is 0. The van der Waals surface area contributed by atoms with Crippen LogP contribution >= 0.6 is 0 Å². The summed E-state index contributed by atoms with van der Waals surface area (Å²) < 4.78 is 0. The molecule has 0 unspecified atom stereocenters. The fraction of sp³-hybridized carbons (Fsp3) is 0.882. The molecule has 0 saturated carbocycles. The lowest BCUT2D eigenvalue weighted by Gasteiger charge is -2.10. The highest BCUT2D eigenvalue weighted by Crippen LogP contribution is 2.13. The van der Waals surface area contributed by atoms with Crippen LogP contribution in [-0.4, -0.2) is 11.2 Å². The average molecular weight is 254 g/mol. The summed E-state index contributed by atoms with van der Waals surface area (Å²) in [4.78, 5) is 0. The number of hydrogen-bond donors (Lipinski definition) is 1. The van der Waals surface area contributed by atoms with Gasteiger partial charge in [-0.3, -0.25) is 0 Å². The summed E-state index contributed by atoms with van der Waals surface area (Å²) in [5, 5.41) is 9.84. The Morgan fingerprint density at radius 1 is 0.833 bits per heavy atom. The molecule has 0 aromatic heterocycles. The van der Waals surface area contributed by atoms with E-state index in [-0.39, 0.29) is 6.10 Å². The zero-order valence-corrected chi connectivity index (χ0v) is 12.5. The molecular weight excluding hydrogens is 220 g/mol. The molecule has 0 amide bonds. The predicted molar refractivity (Wildman–Crippen MR) is 81.9 cm³/mol. The normalized spacial score (nSPS) is 12.6. The van der Waals surface area contributed by atoms with E-state index in [4.69, 9.17) is 0 Å². The highest BCUT2D eigenvalue weighted by molar-refractivity contribution is 4.65. The van der Waals surface area contributed by atoms with Gasteiger partial charge >= 0.3 is 0 Å². The van der Waals surface area contributed by atoms with Crippen LogP contribution in [0, 0.1) is 0 Å². The Labute approximate surface area is 115 Å². The van der Waals surface area contributed by atoms with E-state index in [9.17, 15) is 5.11 Å². The third-order valence-corrected chi connectivity index (χ3v) is 3.59. The third kappa shape index (κ3) is 13.8. The minimum absolute atomic E-state index is 0.0458. The zero-order valence-electron chi connectivity index (χ0n) is 12.5. The van der Waals surface area contributed by atoms with E-state index in [0.29, 0.717) is 0 Å². The summed E-state index contributed by atoms with van der Waals surface area (Å²) in [6.45, 7) is 5.98. The number of aliphatic hydroxyl groups excluding tert-OH is 1. The topological polar surface area (TPSA) is 20.2 Å². The van der Waals surface area contributed by atoms with Gasteiger partial charge in [0.2, 0.25) is 0 Å². The molecular formula is C17H34O. The monoisotopic (exact) mass is 254 g/mol. The first-order valence-corrected chi connectivity index (χ1v) is 8.10. The first-order chi connectivity index (χ1) is 8.81. The second-order valence-electron chi connectivity index (χ2n) is 5.49. The maximum atomic E-state index is 9.84. The van der Waals surface area contributed by atoms with Crippen molar-refractivity contribution in [1.82, 2.24) is 0 Å². The van der Waals surface area contributed by atoms with Crippen molar-refractivity contribution in [3.05, 3.63) is 12.7 Å². The van der Waals surface area contributed by atoms with Crippen LogP contribution < -0.4 is 0 Å². The van der Waals surface area contributed by atoms with E-state index in [1.54, 1.807) is 0 Å². The minimum atomic E-state index is -0.0458. The van der Waals surface area contributed by atoms with Gasteiger partial charge in [-0.1, -0.05) is 70.8 Å². The van der Waals surface area contributed by atoms with Crippen molar-refractivity contribution in [3.8, 4) is 0 Å². The van der Waals surface area contributed by atoms with Gasteiger partial charge in [0.1, 0.15) is 0 Å². The van der Waals surface area contributed by atoms with Crippen LogP contribution in [-0.2, 0) is 0 Å². The van der Waals surface area contributed by atoms with Gasteiger partial charge in [0.05, 0.1) is 6.10 Å². The van der Waals surface area contributed by atoms with Crippen molar-refractivity contribution >= 4 is 0 Å². The summed E-state index contributed by atoms with van der Waals surface area (Å²) >= 11 is 0. The summed E-state index contributed by atoms with van der Waals surface area (Å²) in [6, 6.07) is 0. The summed E-state index contributed by atoms with van der Waals surface area (Å²) in [7, 11) is 0. The van der Waals surface area contributed by atoms with Crippen molar-refractivity contribution in [2.75, 3.05) is 0 Å². The summed E-state index contributed by atoms with van der Waals surface area (Å²) in [6.07, 6.45) is 18.0. The molecule has 108 valence electrons. The zero-order chi connectivity index (χ0) is 13.5. The predicted octanol–water partition coefficient (Wildman–Crippen LogP) is 5.62. The highest BCUT2D eigenvalue weighted by Gasteiger charge is 2.03. The summed E-state index contributed by atoms with van der Waals surface area (Å²) in [5.41, 5.74) is 0. The van der Waals surface area contributed by atoms with Gasteiger partial charge < -0.3 is 5.11 Å². The van der Waals surface area contributed by atoms with Gasteiger partial charge in [-0.25, -0.2) is 0 Å². The fourth-order valence-electron chi connectivity index (χ4n) is 2.33. The molecule has 0 heterocycles. The van der Waals surface area contributed by atoms with Crippen molar-refractivity contribution in [2.45, 2.75) is 96.5 Å². The maximum Gasteiger partial charge on any atom is 0.0540 e. The SMILES string of the molecule is C=CCCCCCC[C@@H](O)CCCCCCCC. The van der Waals surface area contributed by atoms with E-state index in [2.05, 4.69) is 13.5 Å². The van der Waals surface area contributed by atoms with Crippen molar-refractivity contribution in [2.24, 2.45) is 0 Å². The van der Waals surface area contributed by atoms with Gasteiger partial charge in [0, 0.05) is 0 Å². The molecule has 0 radical (unpaired) electrons. The smallest absolute Gasteiger partial charge is 0.0540 e. The first-order valence-electron chi connectivity index (χ1n) is 8.10. The second kappa shape index (κ2) is 14.8. The third-order valence-electron chi connectivity index (χ3n) is 3.59. The molecule has 0 fully saturated rings. The Balaban J connectivity index is 3.12. The van der Waals surface area contributed by atoms with Gasteiger partial charge in [-0.05, 0) is 25.7 Å². The Bertz CT molecular complexity index is 165. The lowest BCUT2D eigenvalue weighted by Crippen LogP contribution is -2.05. The molecule has 0 aliphatic carbocycles. The minimum Gasteiger partial charge on any atom is -0.393 e. The van der Waals surface area contributed by atoms with Crippen LogP contribution in [0.3, 0.4) is 0 Å². The number of hydrogen-bond acceptors (Lipinski definition) is 1. The molecule has 0 aliphatic heterocycles. The van der Waals surface area contributed by atoms with E-state index >= 15 is 0 Å². The quantitative estimate of drug-likeness (QED) is 0.315. The molecule has 0 bridgehead atoms. The second-order valence-corrected chi connectivity index (χ2v) is 5.49. The molecule has 1 N–H and O–H groups in total. The fourth-order valence-corrected chi connectivity index (χ4v) is 2.33. The van der Waals surface area contributed by atoms with E-state index < -0.39 is 0 Å². The van der Waals surface area contributed by atoms with Crippen LogP contribution in [0.2, 0.25) is 0 Å². The van der Waals surface area contributed by atoms with Crippen LogP contribution in [0.4, 0.5) is 0 Å². The van der Waals surface area contributed by atoms with Crippen molar-refractivity contribution in [3.63, 3.8) is 0 Å². The van der Waals surface area contributed by atoms with Crippen LogP contribution in [0.15, 0.2) is 12.7 Å². The van der Waals surface area contributed by atoms with Gasteiger partial charge in [-0.2, -0.15) is 0 Å². The molecule has 0 aromatic rings. The highest BCUT2D eigenvalue weighted by atomic mass is 16.3. The molecule has 18 heavy (non-hydrogen) atoms. The Morgan fingerprint density at radius 3 is 1.89 bits per heavy atom. The Hall–Kier alpha value is -0.300. The average Bonchev–Trinajstić information content (AvgIpc) is 2.38. The molecule has 0 aliphatic rings. The number of unbranched alkanes of at least 4 members (excludes halogenated alkanes) is 9. The molecule has 1 atom stereocenters. The molecule has 1 nitrogen and oxygen atoms in total. The molecule has 0 aromatic carbocycles. The van der Waals surface area contributed by atoms with E-state index in [1.165, 1.54) is 64.2 Å². The molecule has 0 spiro atoms. The van der Waals surface area contributed by atoms with Crippen LogP contribution in [0.25, 0.3) is 0 Å². The Kier molecular flexibility index (Phi) is 14.5. The lowest BCUT2D eigenvalue weighted by molar-refractivity contribution is 0.147. The van der Waals surface area contributed by atoms with Gasteiger partial charge in [0.25, 0.3) is 0 Å². The standard InChI is InChI=1S/C17H34O/c1-3-5-7-9-11-13-15-17(18)16-14-12-10-8-6-4-2/h3,17-18H,1,4-16H2,2H3/t17-/m1/s1. The number of rotatable bonds is 14. The largest absolute Gasteiger partial charge is 0.393 e. The number of aliphatic hydroxyl groups is 1. The van der Waals surface area contributed by atoms with Crippen molar-refractivity contribution in [1.29, 1.82) is 0 Å². The lowest BCUT2D eigenvalue weighted by atomic mass is 10.0. The molecule has 0 rings (SSSR count).